The van der Waals surface area contributed by atoms with E-state index in [2.05, 4.69) is 124 Å². The molecule has 2 aromatic heterocycles. The van der Waals surface area contributed by atoms with Gasteiger partial charge in [-0.3, -0.25) is 0 Å². The summed E-state index contributed by atoms with van der Waals surface area (Å²) in [6.07, 6.45) is 0. The number of hydrogen-bond acceptors (Lipinski definition) is 0. The van der Waals surface area contributed by atoms with Crippen LogP contribution in [0.15, 0.2) is 24.3 Å². The number of hydrogen-bond donors (Lipinski definition) is 0. The van der Waals surface area contributed by atoms with E-state index in [1.165, 1.54) is 65.9 Å². The Morgan fingerprint density at radius 2 is 1.39 bits per heavy atom. The zero-order valence-corrected chi connectivity index (χ0v) is 25.5. The van der Waals surface area contributed by atoms with Gasteiger partial charge in [-0.15, -0.1) is 0 Å². The summed E-state index contributed by atoms with van der Waals surface area (Å²) < 4.78 is 3.84. The second-order valence-electron chi connectivity index (χ2n) is 8.70. The van der Waals surface area contributed by atoms with Crippen molar-refractivity contribution in [3.05, 3.63) is 59.5 Å². The molecule has 0 atom stereocenters. The van der Waals surface area contributed by atoms with E-state index in [4.69, 9.17) is 4.98 Å². The molecule has 0 unspecified atom stereocenters. The molecular formula is C27H30LaN2Xe-2. The van der Waals surface area contributed by atoms with Crippen LogP contribution >= 0.6 is 0 Å². The van der Waals surface area contributed by atoms with Crippen LogP contribution in [0, 0.1) is 124 Å². The van der Waals surface area contributed by atoms with Crippen molar-refractivity contribution in [1.82, 2.24) is 9.55 Å². The van der Waals surface area contributed by atoms with Crippen molar-refractivity contribution >= 4 is 43.6 Å². The molecule has 1 radical (unpaired) electrons. The van der Waals surface area contributed by atoms with Gasteiger partial charge in [-0.1, -0.05) is 0 Å². The fourth-order valence-electron chi connectivity index (χ4n) is 5.08. The van der Waals surface area contributed by atoms with E-state index in [0.717, 1.165) is 5.52 Å². The van der Waals surface area contributed by atoms with Gasteiger partial charge in [-0.05, 0) is 0 Å². The second-order valence-corrected chi connectivity index (χ2v) is 9.78. The van der Waals surface area contributed by atoms with Crippen molar-refractivity contribution in [3.63, 3.8) is 0 Å². The summed E-state index contributed by atoms with van der Waals surface area (Å²) in [6.45, 7) is 15.8. The van der Waals surface area contributed by atoms with Crippen molar-refractivity contribution in [2.45, 2.75) is 54.5 Å². The van der Waals surface area contributed by atoms with Crippen LogP contribution in [0.2, 0.25) is 0 Å². The number of aromatic nitrogens is 2. The summed E-state index contributed by atoms with van der Waals surface area (Å²) in [5.74, 6) is 0. The Morgan fingerprint density at radius 1 is 0.774 bits per heavy atom. The Balaban J connectivity index is 0.00000136. The Morgan fingerprint density at radius 3 is 2.03 bits per heavy atom. The molecule has 5 rings (SSSR count). The van der Waals surface area contributed by atoms with Crippen LogP contribution in [0.25, 0.3) is 43.6 Å². The molecule has 0 amide bonds. The Bertz CT molecular complexity index is 1480. The summed E-state index contributed by atoms with van der Waals surface area (Å²) in [5.41, 5.74) is 11.7. The van der Waals surface area contributed by atoms with Crippen LogP contribution < -0.4 is 5.02 Å². The minimum atomic E-state index is 0. The van der Waals surface area contributed by atoms with Crippen LogP contribution in [0.5, 0.6) is 0 Å². The number of benzene rings is 3. The molecule has 3 aromatic carbocycles. The van der Waals surface area contributed by atoms with Crippen LogP contribution in [0.4, 0.5) is 0 Å². The molecule has 2 heterocycles. The van der Waals surface area contributed by atoms with E-state index in [1.807, 2.05) is 0 Å². The minimum Gasteiger partial charge on any atom is -0.358 e. The molecule has 161 valence electrons. The molecule has 0 saturated heterocycles. The number of aryl methyl sites for hydroxylation is 3. The molecule has 4 heteroatoms. The molecule has 0 fully saturated rings. The average molecular weight is 653 g/mol. The summed E-state index contributed by atoms with van der Waals surface area (Å²) >= 11 is 2.53. The normalized spacial score (nSPS) is 11.7. The molecule has 0 aliphatic carbocycles. The Kier molecular flexibility index (Phi) is 7.44. The molecule has 5 aromatic rings. The zero-order chi connectivity index (χ0) is 20.8. The van der Waals surface area contributed by atoms with Crippen LogP contribution in [-0.2, 0) is 0 Å². The SMILES string of the molecule is Cc1c(C)c([XeH])c2c([n-]c3c2c(C)c(C)c2c4ccccc4n(C(C)C)c32)c1C.[CH3-].[La]. The summed E-state index contributed by atoms with van der Waals surface area (Å²) in [6, 6.07) is 9.18. The van der Waals surface area contributed by atoms with Gasteiger partial charge in [0.25, 0.3) is 0 Å². The fraction of sp³-hybridized carbons (Fsp3) is 0.296. The fourth-order valence-corrected chi connectivity index (χ4v) is 6.01. The van der Waals surface area contributed by atoms with E-state index in [0.29, 0.717) is 6.04 Å². The molecule has 0 spiro atoms. The first-order valence-electron chi connectivity index (χ1n) is 10.3. The van der Waals surface area contributed by atoms with Gasteiger partial charge in [0, 0.05) is 35.6 Å². The van der Waals surface area contributed by atoms with Gasteiger partial charge in [0.1, 0.15) is 0 Å². The first-order chi connectivity index (χ1) is 13.8. The standard InChI is InChI=1S/C26H27N2Xe.CH3.La/c1-12(2)28-19-11-9-8-10-18(19)20-14(4)15(5)21-22-23(27-24(21)25(20)28)16(6)13(3)17(7)26(22)29;;/h8-12,29H,1-7H3;1H3;/q2*-1;. The van der Waals surface area contributed by atoms with Gasteiger partial charge in [-0.25, -0.2) is 0 Å². The Hall–Kier alpha value is 0.0262. The monoisotopic (exact) mass is 653 g/mol. The van der Waals surface area contributed by atoms with Gasteiger partial charge in [0.05, 0.1) is 0 Å². The van der Waals surface area contributed by atoms with Gasteiger partial charge in [-0.2, -0.15) is 0 Å². The quantitative estimate of drug-likeness (QED) is 0.188. The first kappa shape index (κ1) is 25.6. The second kappa shape index (κ2) is 9.00. The minimum absolute atomic E-state index is 0. The average Bonchev–Trinajstić information content (AvgIpc) is 3.25. The molecule has 0 N–H and O–H groups in total. The number of fused-ring (bicyclic) bond motifs is 7. The molecule has 0 aliphatic rings. The van der Waals surface area contributed by atoms with Gasteiger partial charge in [0.2, 0.25) is 0 Å². The van der Waals surface area contributed by atoms with Gasteiger partial charge < -0.3 is 7.43 Å². The predicted octanol–water partition coefficient (Wildman–Crippen LogP) is 6.54. The molecule has 0 bridgehead atoms. The van der Waals surface area contributed by atoms with E-state index in [1.54, 1.807) is 0 Å². The number of para-hydroxylation sites is 1. The molecule has 0 saturated carbocycles. The van der Waals surface area contributed by atoms with Gasteiger partial charge in [0.15, 0.2) is 0 Å². The summed E-state index contributed by atoms with van der Waals surface area (Å²) in [4.78, 5) is 5.32. The Labute approximate surface area is 245 Å². The zero-order valence-electron chi connectivity index (χ0n) is 19.7. The maximum absolute atomic E-state index is 5.32. The van der Waals surface area contributed by atoms with Crippen molar-refractivity contribution in [1.29, 1.82) is 0 Å². The maximum atomic E-state index is 5.32. The van der Waals surface area contributed by atoms with E-state index >= 15 is 0 Å². The molecule has 2 nitrogen and oxygen atoms in total. The summed E-state index contributed by atoms with van der Waals surface area (Å²) in [7, 11) is 0. The third kappa shape index (κ3) is 3.42. The summed E-state index contributed by atoms with van der Waals surface area (Å²) in [5, 5.41) is 5.38. The number of rotatable bonds is 1. The predicted molar refractivity (Wildman–Crippen MR) is 129 cm³/mol. The molecule has 0 aliphatic heterocycles. The van der Waals surface area contributed by atoms with Crippen molar-refractivity contribution in [3.8, 4) is 0 Å². The third-order valence-corrected chi connectivity index (χ3v) is 8.29. The molecular weight excluding hydrogens is 623 g/mol. The topological polar surface area (TPSA) is 19.0 Å². The van der Waals surface area contributed by atoms with Crippen LogP contribution in [-0.4, -0.2) is 4.57 Å². The van der Waals surface area contributed by atoms with Crippen LogP contribution in [0.1, 0.15) is 47.7 Å². The van der Waals surface area contributed by atoms with Crippen molar-refractivity contribution in [2.75, 3.05) is 0 Å². The first-order valence-corrected chi connectivity index (χ1v) is 11.4. The third-order valence-electron chi connectivity index (χ3n) is 6.94. The number of nitrogens with zero attached hydrogens (tertiary/aromatic N) is 2. The van der Waals surface area contributed by atoms with E-state index in [9.17, 15) is 0 Å². The smallest absolute Gasteiger partial charge is 0 e. The van der Waals surface area contributed by atoms with Crippen LogP contribution in [0.3, 0.4) is 0 Å². The van der Waals surface area contributed by atoms with Crippen molar-refractivity contribution in [2.24, 2.45) is 0 Å². The largest absolute Gasteiger partial charge is 0.358 e. The van der Waals surface area contributed by atoms with Crippen molar-refractivity contribution < 1.29 is 82.1 Å². The van der Waals surface area contributed by atoms with E-state index in [-0.39, 0.29) is 43.0 Å². The van der Waals surface area contributed by atoms with Gasteiger partial charge >= 0.3 is 206 Å². The molecule has 31 heavy (non-hydrogen) atoms. The van der Waals surface area contributed by atoms with E-state index < -0.39 is 0 Å². The maximum Gasteiger partial charge on any atom is 0 e.